The molecule has 0 bridgehead atoms. The molecule has 0 N–H and O–H groups in total. The van der Waals surface area contributed by atoms with Crippen LogP contribution in [0.25, 0.3) is 0 Å². The lowest BCUT2D eigenvalue weighted by Gasteiger charge is -2.20. The molecule has 1 amide bonds. The van der Waals surface area contributed by atoms with Crippen LogP contribution < -0.4 is 0 Å². The van der Waals surface area contributed by atoms with Crippen molar-refractivity contribution >= 4 is 22.1 Å². The van der Waals surface area contributed by atoms with Crippen LogP contribution in [-0.2, 0) is 29.0 Å². The number of esters is 1. The van der Waals surface area contributed by atoms with Crippen molar-refractivity contribution in [1.29, 1.82) is 0 Å². The Kier molecular flexibility index (Phi) is 6.84. The van der Waals surface area contributed by atoms with E-state index in [0.29, 0.717) is 17.3 Å². The fraction of sp³-hybridized carbons (Fsp3) is 0.474. The predicted molar refractivity (Wildman–Crippen MR) is 101 cm³/mol. The van der Waals surface area contributed by atoms with Crippen LogP contribution in [0, 0.1) is 6.92 Å². The molecule has 1 aromatic carbocycles. The Labute approximate surface area is 165 Å². The van der Waals surface area contributed by atoms with Gasteiger partial charge in [-0.15, -0.1) is 0 Å². The normalized spacial score (nSPS) is 19.9. The van der Waals surface area contributed by atoms with Crippen molar-refractivity contribution in [2.45, 2.75) is 43.8 Å². The van der Waals surface area contributed by atoms with Crippen molar-refractivity contribution in [2.24, 2.45) is 0 Å². The van der Waals surface area contributed by atoms with Gasteiger partial charge in [0, 0.05) is 13.3 Å². The standard InChI is InChI=1S/C19H25NO7S/c1-14-8-10-16(11-9-14)28(23,24)20(18(22)25-4)12-6-5-7-17(27-15(2)21)19(3)13-26-19/h5-6,8-11,17H,7,12-13H2,1-4H3/b6-5+/t17-,19+/m0/s1. The molecule has 0 unspecified atom stereocenters. The molecule has 0 aromatic heterocycles. The fourth-order valence-corrected chi connectivity index (χ4v) is 3.81. The highest BCUT2D eigenvalue weighted by atomic mass is 32.2. The Morgan fingerprint density at radius 1 is 1.29 bits per heavy atom. The molecule has 1 heterocycles. The highest BCUT2D eigenvalue weighted by Gasteiger charge is 2.48. The third-order valence-corrected chi connectivity index (χ3v) is 6.11. The summed E-state index contributed by atoms with van der Waals surface area (Å²) in [5, 5.41) is 0. The molecular weight excluding hydrogens is 386 g/mol. The van der Waals surface area contributed by atoms with Crippen molar-refractivity contribution in [3.63, 3.8) is 0 Å². The second kappa shape index (κ2) is 8.74. The van der Waals surface area contributed by atoms with Crippen molar-refractivity contribution in [1.82, 2.24) is 4.31 Å². The first kappa shape index (κ1) is 21.9. The summed E-state index contributed by atoms with van der Waals surface area (Å²) in [6.45, 7) is 5.25. The van der Waals surface area contributed by atoms with E-state index in [2.05, 4.69) is 4.74 Å². The van der Waals surface area contributed by atoms with Gasteiger partial charge in [-0.3, -0.25) is 4.79 Å². The summed E-state index contributed by atoms with van der Waals surface area (Å²) in [4.78, 5) is 23.3. The number of hydrogen-bond donors (Lipinski definition) is 0. The monoisotopic (exact) mass is 411 g/mol. The van der Waals surface area contributed by atoms with Crippen LogP contribution >= 0.6 is 0 Å². The quantitative estimate of drug-likeness (QED) is 0.368. The van der Waals surface area contributed by atoms with E-state index >= 15 is 0 Å². The highest BCUT2D eigenvalue weighted by Crippen LogP contribution is 2.34. The van der Waals surface area contributed by atoms with Gasteiger partial charge >= 0.3 is 12.1 Å². The highest BCUT2D eigenvalue weighted by molar-refractivity contribution is 7.89. The molecule has 2 rings (SSSR count). The van der Waals surface area contributed by atoms with E-state index in [9.17, 15) is 18.0 Å². The van der Waals surface area contributed by atoms with E-state index < -0.39 is 33.8 Å². The summed E-state index contributed by atoms with van der Waals surface area (Å²) in [5.41, 5.74) is 0.363. The molecular formula is C19H25NO7S. The molecule has 9 heteroatoms. The maximum Gasteiger partial charge on any atom is 0.423 e. The van der Waals surface area contributed by atoms with Crippen LogP contribution in [0.1, 0.15) is 25.8 Å². The van der Waals surface area contributed by atoms with Gasteiger partial charge in [0.1, 0.15) is 11.7 Å². The summed E-state index contributed by atoms with van der Waals surface area (Å²) >= 11 is 0. The number of nitrogens with zero attached hydrogens (tertiary/aromatic N) is 1. The Morgan fingerprint density at radius 3 is 2.39 bits per heavy atom. The first-order valence-electron chi connectivity index (χ1n) is 8.73. The number of methoxy groups -OCH3 is 1. The van der Waals surface area contributed by atoms with Crippen molar-refractivity contribution in [3.05, 3.63) is 42.0 Å². The number of carbonyl (C=O) groups excluding carboxylic acids is 2. The smallest absolute Gasteiger partial charge is 0.423 e. The molecule has 1 aliphatic rings. The van der Waals surface area contributed by atoms with Crippen molar-refractivity contribution in [2.75, 3.05) is 20.3 Å². The molecule has 0 spiro atoms. The Bertz CT molecular complexity index is 842. The van der Waals surface area contributed by atoms with Gasteiger partial charge in [0.05, 0.1) is 25.2 Å². The predicted octanol–water partition coefficient (Wildman–Crippen LogP) is 2.42. The van der Waals surface area contributed by atoms with Gasteiger partial charge in [-0.1, -0.05) is 29.8 Å². The van der Waals surface area contributed by atoms with Gasteiger partial charge < -0.3 is 14.2 Å². The zero-order valence-electron chi connectivity index (χ0n) is 16.4. The molecule has 1 fully saturated rings. The van der Waals surface area contributed by atoms with Crippen LogP contribution in [0.5, 0.6) is 0 Å². The number of amides is 1. The maximum atomic E-state index is 12.8. The lowest BCUT2D eigenvalue weighted by Crippen LogP contribution is -2.37. The largest absolute Gasteiger partial charge is 0.459 e. The summed E-state index contributed by atoms with van der Waals surface area (Å²) in [6, 6.07) is 6.18. The SMILES string of the molecule is COC(=O)N(C/C=C/C[C@H](OC(C)=O)[C@@]1(C)CO1)S(=O)(=O)c1ccc(C)cc1. The number of ether oxygens (including phenoxy) is 3. The van der Waals surface area contributed by atoms with E-state index in [1.807, 2.05) is 13.8 Å². The minimum atomic E-state index is -4.07. The molecule has 0 aliphatic carbocycles. The topological polar surface area (TPSA) is 103 Å². The average Bonchev–Trinajstić information content (AvgIpc) is 3.38. The first-order chi connectivity index (χ1) is 13.1. The zero-order valence-corrected chi connectivity index (χ0v) is 17.2. The molecule has 28 heavy (non-hydrogen) atoms. The van der Waals surface area contributed by atoms with E-state index in [1.54, 1.807) is 18.2 Å². The number of hydrogen-bond acceptors (Lipinski definition) is 7. The fourth-order valence-electron chi connectivity index (χ4n) is 2.52. The van der Waals surface area contributed by atoms with Gasteiger partial charge in [-0.25, -0.2) is 13.2 Å². The van der Waals surface area contributed by atoms with Crippen LogP contribution in [0.4, 0.5) is 4.79 Å². The van der Waals surface area contributed by atoms with E-state index in [-0.39, 0.29) is 11.4 Å². The number of carbonyl (C=O) groups is 2. The lowest BCUT2D eigenvalue weighted by atomic mass is 10.0. The number of aryl methyl sites for hydroxylation is 1. The molecule has 8 nitrogen and oxygen atoms in total. The van der Waals surface area contributed by atoms with E-state index in [1.165, 1.54) is 25.1 Å². The summed E-state index contributed by atoms with van der Waals surface area (Å²) in [7, 11) is -2.95. The van der Waals surface area contributed by atoms with Crippen molar-refractivity contribution < 1.29 is 32.2 Å². The minimum Gasteiger partial charge on any atom is -0.459 e. The molecule has 154 valence electrons. The third-order valence-electron chi connectivity index (χ3n) is 4.36. The first-order valence-corrected chi connectivity index (χ1v) is 10.2. The minimum absolute atomic E-state index is 0.00594. The Morgan fingerprint density at radius 2 is 1.89 bits per heavy atom. The van der Waals surface area contributed by atoms with Gasteiger partial charge in [-0.2, -0.15) is 4.31 Å². The summed E-state index contributed by atoms with van der Waals surface area (Å²) in [5.74, 6) is -0.423. The van der Waals surface area contributed by atoms with E-state index in [0.717, 1.165) is 12.7 Å². The molecule has 1 aliphatic heterocycles. The third kappa shape index (κ3) is 5.32. The zero-order chi connectivity index (χ0) is 20.9. The Balaban J connectivity index is 2.11. The summed E-state index contributed by atoms with van der Waals surface area (Å²) < 4.78 is 41.4. The molecule has 2 atom stereocenters. The second-order valence-corrected chi connectivity index (χ2v) is 8.59. The van der Waals surface area contributed by atoms with Crippen LogP contribution in [0.3, 0.4) is 0 Å². The molecule has 0 radical (unpaired) electrons. The van der Waals surface area contributed by atoms with Crippen LogP contribution in [0.15, 0.2) is 41.3 Å². The summed E-state index contributed by atoms with van der Waals surface area (Å²) in [6.07, 6.45) is 2.03. The number of benzene rings is 1. The molecule has 1 aromatic rings. The van der Waals surface area contributed by atoms with Gasteiger partial charge in [-0.05, 0) is 26.0 Å². The van der Waals surface area contributed by atoms with Gasteiger partial charge in [0.15, 0.2) is 0 Å². The van der Waals surface area contributed by atoms with E-state index in [4.69, 9.17) is 9.47 Å². The van der Waals surface area contributed by atoms with Crippen LogP contribution in [-0.4, -0.2) is 56.8 Å². The number of epoxide rings is 1. The van der Waals surface area contributed by atoms with Gasteiger partial charge in [0.2, 0.25) is 0 Å². The molecule has 1 saturated heterocycles. The number of rotatable bonds is 8. The maximum absolute atomic E-state index is 12.8. The second-order valence-electron chi connectivity index (χ2n) is 6.73. The average molecular weight is 411 g/mol. The lowest BCUT2D eigenvalue weighted by molar-refractivity contribution is -0.149. The molecule has 0 saturated carbocycles. The van der Waals surface area contributed by atoms with Crippen molar-refractivity contribution in [3.8, 4) is 0 Å². The van der Waals surface area contributed by atoms with Gasteiger partial charge in [0.25, 0.3) is 10.0 Å². The number of sulfonamides is 1. The van der Waals surface area contributed by atoms with Crippen LogP contribution in [0.2, 0.25) is 0 Å². The Hall–Kier alpha value is -2.39.